The van der Waals surface area contributed by atoms with Gasteiger partial charge in [0, 0.05) is 12.5 Å². The van der Waals surface area contributed by atoms with Crippen LogP contribution in [0.2, 0.25) is 0 Å². The Bertz CT molecular complexity index is 580. The van der Waals surface area contributed by atoms with Gasteiger partial charge in [0.25, 0.3) is 0 Å². The third kappa shape index (κ3) is 3.03. The average Bonchev–Trinajstić information content (AvgIpc) is 2.31. The van der Waals surface area contributed by atoms with Crippen LogP contribution in [0.15, 0.2) is 33.5 Å². The monoisotopic (exact) mass is 269 g/mol. The molecule has 98 valence electrons. The van der Waals surface area contributed by atoms with Crippen LogP contribution in [0.1, 0.15) is 12.7 Å². The summed E-state index contributed by atoms with van der Waals surface area (Å²) in [6.45, 7) is 2.94. The van der Waals surface area contributed by atoms with Crippen LogP contribution in [0.5, 0.6) is 5.75 Å². The molecule has 0 bridgehead atoms. The van der Waals surface area contributed by atoms with Crippen molar-refractivity contribution in [3.8, 4) is 5.75 Å². The van der Waals surface area contributed by atoms with E-state index in [1.807, 2.05) is 6.92 Å². The lowest BCUT2D eigenvalue weighted by Crippen LogP contribution is -2.07. The molecule has 0 radical (unpaired) electrons. The topological polar surface area (TPSA) is 65.5 Å². The fourth-order valence-corrected chi connectivity index (χ4v) is 1.71. The molecule has 18 heavy (non-hydrogen) atoms. The summed E-state index contributed by atoms with van der Waals surface area (Å²) in [5.41, 5.74) is 5.95. The molecule has 0 atom stereocenters. The molecule has 5 heteroatoms. The van der Waals surface area contributed by atoms with Crippen LogP contribution >= 0.6 is 12.4 Å². The van der Waals surface area contributed by atoms with E-state index in [0.29, 0.717) is 42.1 Å². The second-order valence-electron chi connectivity index (χ2n) is 3.71. The van der Waals surface area contributed by atoms with E-state index in [0.717, 1.165) is 0 Å². The number of benzene rings is 1. The van der Waals surface area contributed by atoms with Gasteiger partial charge < -0.3 is 14.9 Å². The van der Waals surface area contributed by atoms with Crippen LogP contribution in [0, 0.1) is 0 Å². The molecule has 0 aliphatic rings. The molecule has 1 aromatic carbocycles. The minimum absolute atomic E-state index is 0. The van der Waals surface area contributed by atoms with Crippen molar-refractivity contribution >= 4 is 23.4 Å². The number of rotatable bonds is 4. The maximum atomic E-state index is 11.9. The zero-order chi connectivity index (χ0) is 12.3. The van der Waals surface area contributed by atoms with Gasteiger partial charge in [0.1, 0.15) is 17.1 Å². The Balaban J connectivity index is 0.00000162. The number of ether oxygens (including phenoxy) is 1. The Hall–Kier alpha value is -1.52. The van der Waals surface area contributed by atoms with E-state index in [9.17, 15) is 4.79 Å². The molecule has 1 heterocycles. The predicted molar refractivity (Wildman–Crippen MR) is 73.7 cm³/mol. The quantitative estimate of drug-likeness (QED) is 0.923. The summed E-state index contributed by atoms with van der Waals surface area (Å²) in [4.78, 5) is 11.9. The minimum atomic E-state index is -0.0590. The molecule has 2 N–H and O–H groups in total. The van der Waals surface area contributed by atoms with Gasteiger partial charge in [-0.05, 0) is 31.7 Å². The molecule has 0 aliphatic heterocycles. The number of hydrogen-bond acceptors (Lipinski definition) is 4. The van der Waals surface area contributed by atoms with Gasteiger partial charge in [-0.15, -0.1) is 12.4 Å². The Morgan fingerprint density at radius 2 is 2.11 bits per heavy atom. The maximum Gasteiger partial charge on any atom is 0.193 e. The molecule has 2 rings (SSSR count). The third-order valence-electron chi connectivity index (χ3n) is 2.45. The van der Waals surface area contributed by atoms with Crippen molar-refractivity contribution in [2.75, 3.05) is 13.2 Å². The first-order valence-corrected chi connectivity index (χ1v) is 5.64. The van der Waals surface area contributed by atoms with Crippen molar-refractivity contribution in [3.05, 3.63) is 40.2 Å². The van der Waals surface area contributed by atoms with E-state index in [1.165, 1.54) is 6.07 Å². The van der Waals surface area contributed by atoms with Crippen molar-refractivity contribution in [1.29, 1.82) is 0 Å². The van der Waals surface area contributed by atoms with Crippen molar-refractivity contribution in [2.45, 2.75) is 13.3 Å². The standard InChI is InChI=1S/C13H15NO3.ClH/c1-2-16-9-3-4-13-11(7-9)12(15)8-10(17-13)5-6-14;/h3-4,7-8H,2,5-6,14H2,1H3;1H. The first-order valence-electron chi connectivity index (χ1n) is 5.64. The fourth-order valence-electron chi connectivity index (χ4n) is 1.71. The lowest BCUT2D eigenvalue weighted by atomic mass is 10.2. The molecule has 0 fully saturated rings. The molecule has 0 aliphatic carbocycles. The first-order chi connectivity index (χ1) is 8.24. The first kappa shape index (κ1) is 14.5. The van der Waals surface area contributed by atoms with E-state index in [1.54, 1.807) is 18.2 Å². The number of nitrogens with two attached hydrogens (primary N) is 1. The minimum Gasteiger partial charge on any atom is -0.494 e. The van der Waals surface area contributed by atoms with Gasteiger partial charge in [0.05, 0.1) is 12.0 Å². The van der Waals surface area contributed by atoms with Crippen molar-refractivity contribution in [1.82, 2.24) is 0 Å². The zero-order valence-electron chi connectivity index (χ0n) is 10.1. The van der Waals surface area contributed by atoms with Gasteiger partial charge in [-0.1, -0.05) is 0 Å². The summed E-state index contributed by atoms with van der Waals surface area (Å²) in [5, 5.41) is 0.539. The van der Waals surface area contributed by atoms with Crippen LogP contribution < -0.4 is 15.9 Å². The van der Waals surface area contributed by atoms with Gasteiger partial charge >= 0.3 is 0 Å². The van der Waals surface area contributed by atoms with Crippen LogP contribution in [-0.4, -0.2) is 13.2 Å². The highest BCUT2D eigenvalue weighted by Crippen LogP contribution is 2.19. The van der Waals surface area contributed by atoms with E-state index in [2.05, 4.69) is 0 Å². The summed E-state index contributed by atoms with van der Waals surface area (Å²) >= 11 is 0. The molecular formula is C13H16ClNO3. The van der Waals surface area contributed by atoms with Gasteiger partial charge in [-0.25, -0.2) is 0 Å². The summed E-state index contributed by atoms with van der Waals surface area (Å²) in [7, 11) is 0. The van der Waals surface area contributed by atoms with E-state index in [-0.39, 0.29) is 17.8 Å². The molecular weight excluding hydrogens is 254 g/mol. The Labute approximate surface area is 111 Å². The molecule has 0 unspecified atom stereocenters. The normalized spacial score (nSPS) is 10.1. The maximum absolute atomic E-state index is 11.9. The second kappa shape index (κ2) is 6.42. The van der Waals surface area contributed by atoms with Gasteiger partial charge in [-0.3, -0.25) is 4.79 Å². The molecule has 2 aromatic rings. The highest BCUT2D eigenvalue weighted by atomic mass is 35.5. The summed E-state index contributed by atoms with van der Waals surface area (Å²) in [6.07, 6.45) is 0.568. The van der Waals surface area contributed by atoms with E-state index in [4.69, 9.17) is 14.9 Å². The van der Waals surface area contributed by atoms with Crippen molar-refractivity contribution < 1.29 is 9.15 Å². The fraction of sp³-hybridized carbons (Fsp3) is 0.308. The highest BCUT2D eigenvalue weighted by molar-refractivity contribution is 5.85. The van der Waals surface area contributed by atoms with Crippen molar-refractivity contribution in [2.24, 2.45) is 5.73 Å². The summed E-state index contributed by atoms with van der Waals surface area (Å²) < 4.78 is 10.9. The van der Waals surface area contributed by atoms with Crippen LogP contribution in [0.4, 0.5) is 0 Å². The summed E-state index contributed by atoms with van der Waals surface area (Å²) in [6, 6.07) is 6.74. The average molecular weight is 270 g/mol. The predicted octanol–water partition coefficient (Wildman–Crippen LogP) is 2.11. The van der Waals surface area contributed by atoms with Gasteiger partial charge in [-0.2, -0.15) is 0 Å². The Morgan fingerprint density at radius 1 is 1.33 bits per heavy atom. The van der Waals surface area contributed by atoms with E-state index >= 15 is 0 Å². The number of fused-ring (bicyclic) bond motifs is 1. The van der Waals surface area contributed by atoms with Gasteiger partial charge in [0.15, 0.2) is 5.43 Å². The molecule has 4 nitrogen and oxygen atoms in total. The Kier molecular flexibility index (Phi) is 5.19. The lowest BCUT2D eigenvalue weighted by Gasteiger charge is -2.05. The smallest absolute Gasteiger partial charge is 0.193 e. The molecule has 1 aromatic heterocycles. The Morgan fingerprint density at radius 3 is 2.78 bits per heavy atom. The van der Waals surface area contributed by atoms with Crippen molar-refractivity contribution in [3.63, 3.8) is 0 Å². The second-order valence-corrected chi connectivity index (χ2v) is 3.71. The van der Waals surface area contributed by atoms with Crippen LogP contribution in [-0.2, 0) is 6.42 Å². The lowest BCUT2D eigenvalue weighted by molar-refractivity contribution is 0.340. The molecule has 0 spiro atoms. The van der Waals surface area contributed by atoms with Crippen LogP contribution in [0.3, 0.4) is 0 Å². The van der Waals surface area contributed by atoms with Gasteiger partial charge in [0.2, 0.25) is 0 Å². The summed E-state index contributed by atoms with van der Waals surface area (Å²) in [5.74, 6) is 1.30. The number of hydrogen-bond donors (Lipinski definition) is 1. The van der Waals surface area contributed by atoms with Crippen LogP contribution in [0.25, 0.3) is 11.0 Å². The molecule has 0 saturated carbocycles. The highest BCUT2D eigenvalue weighted by Gasteiger charge is 2.05. The molecule has 0 amide bonds. The largest absolute Gasteiger partial charge is 0.494 e. The number of halogens is 1. The molecule has 0 saturated heterocycles. The SMILES string of the molecule is CCOc1ccc2oc(CCN)cc(=O)c2c1.Cl. The third-order valence-corrected chi connectivity index (χ3v) is 2.45. The zero-order valence-corrected chi connectivity index (χ0v) is 11.0. The van der Waals surface area contributed by atoms with E-state index < -0.39 is 0 Å².